The SMILES string of the molecule is CC(NC(=O)c1cc2ccccc2s1)c1ccc(C(=O)NO)cc1. The van der Waals surface area contributed by atoms with E-state index in [1.165, 1.54) is 11.3 Å². The average molecular weight is 340 g/mol. The third-order valence-electron chi connectivity index (χ3n) is 3.77. The van der Waals surface area contributed by atoms with Crippen molar-refractivity contribution in [1.82, 2.24) is 10.8 Å². The Morgan fingerprint density at radius 2 is 1.75 bits per heavy atom. The molecule has 6 heteroatoms. The molecular weight excluding hydrogens is 324 g/mol. The van der Waals surface area contributed by atoms with Crippen LogP contribution in [-0.4, -0.2) is 17.0 Å². The number of carbonyl (C=O) groups is 2. The highest BCUT2D eigenvalue weighted by Gasteiger charge is 2.14. The first-order valence-corrected chi connectivity index (χ1v) is 8.24. The van der Waals surface area contributed by atoms with Crippen molar-refractivity contribution in [2.75, 3.05) is 0 Å². The lowest BCUT2D eigenvalue weighted by molar-refractivity contribution is 0.0706. The lowest BCUT2D eigenvalue weighted by Gasteiger charge is -2.14. The average Bonchev–Trinajstić information content (AvgIpc) is 3.05. The van der Waals surface area contributed by atoms with Crippen LogP contribution in [0, 0.1) is 0 Å². The van der Waals surface area contributed by atoms with Crippen LogP contribution in [0.15, 0.2) is 54.6 Å². The molecule has 2 amide bonds. The lowest BCUT2D eigenvalue weighted by Crippen LogP contribution is -2.26. The standard InChI is InChI=1S/C18H16N2O3S/c1-11(12-6-8-13(9-7-12)17(21)20-23)19-18(22)16-10-14-4-2-3-5-15(14)24-16/h2-11,23H,1H3,(H,19,22)(H,20,21). The summed E-state index contributed by atoms with van der Waals surface area (Å²) in [5.74, 6) is -0.690. The summed E-state index contributed by atoms with van der Waals surface area (Å²) in [5.41, 5.74) is 2.81. The molecule has 0 aliphatic carbocycles. The second-order valence-electron chi connectivity index (χ2n) is 5.41. The normalized spacial score (nSPS) is 11.9. The molecule has 1 atom stereocenters. The molecule has 3 rings (SSSR count). The second kappa shape index (κ2) is 6.82. The maximum absolute atomic E-state index is 12.4. The number of nitrogens with one attached hydrogen (secondary N) is 2. The molecule has 24 heavy (non-hydrogen) atoms. The molecule has 0 aliphatic rings. The monoisotopic (exact) mass is 340 g/mol. The smallest absolute Gasteiger partial charge is 0.274 e. The highest BCUT2D eigenvalue weighted by atomic mass is 32.1. The molecule has 0 aliphatic heterocycles. The highest BCUT2D eigenvalue weighted by Crippen LogP contribution is 2.25. The minimum absolute atomic E-state index is 0.124. The van der Waals surface area contributed by atoms with Crippen molar-refractivity contribution in [2.45, 2.75) is 13.0 Å². The van der Waals surface area contributed by atoms with Crippen LogP contribution in [0.5, 0.6) is 0 Å². The number of thiophene rings is 1. The van der Waals surface area contributed by atoms with Gasteiger partial charge in [0.1, 0.15) is 0 Å². The fourth-order valence-electron chi connectivity index (χ4n) is 2.43. The summed E-state index contributed by atoms with van der Waals surface area (Å²) in [6.07, 6.45) is 0. The molecule has 122 valence electrons. The Hall–Kier alpha value is -2.70. The Labute approximate surface area is 142 Å². The summed E-state index contributed by atoms with van der Waals surface area (Å²) in [6.45, 7) is 1.88. The van der Waals surface area contributed by atoms with Crippen LogP contribution in [0.1, 0.15) is 38.6 Å². The van der Waals surface area contributed by atoms with E-state index in [1.807, 2.05) is 37.3 Å². The predicted octanol–water partition coefficient (Wildman–Crippen LogP) is 3.51. The molecule has 3 N–H and O–H groups in total. The Morgan fingerprint density at radius 1 is 1.04 bits per heavy atom. The van der Waals surface area contributed by atoms with E-state index in [-0.39, 0.29) is 11.9 Å². The second-order valence-corrected chi connectivity index (χ2v) is 6.49. The molecule has 3 aromatic rings. The Balaban J connectivity index is 1.72. The fraction of sp³-hybridized carbons (Fsp3) is 0.111. The van der Waals surface area contributed by atoms with E-state index in [0.717, 1.165) is 15.6 Å². The van der Waals surface area contributed by atoms with Crippen LogP contribution in [-0.2, 0) is 0 Å². The third-order valence-corrected chi connectivity index (χ3v) is 4.89. The molecule has 0 saturated heterocycles. The molecule has 0 bridgehead atoms. The molecule has 0 radical (unpaired) electrons. The van der Waals surface area contributed by atoms with E-state index < -0.39 is 5.91 Å². The number of hydroxylamine groups is 1. The van der Waals surface area contributed by atoms with Crippen LogP contribution in [0.3, 0.4) is 0 Å². The molecule has 1 heterocycles. The number of amides is 2. The molecule has 1 unspecified atom stereocenters. The Bertz CT molecular complexity index is 854. The number of benzene rings is 2. The summed E-state index contributed by atoms with van der Waals surface area (Å²) >= 11 is 1.46. The first-order chi connectivity index (χ1) is 11.6. The van der Waals surface area contributed by atoms with Crippen LogP contribution in [0.25, 0.3) is 10.1 Å². The summed E-state index contributed by atoms with van der Waals surface area (Å²) in [7, 11) is 0. The van der Waals surface area contributed by atoms with Crippen molar-refractivity contribution in [3.8, 4) is 0 Å². The Kier molecular flexibility index (Phi) is 4.59. The zero-order valence-corrected chi connectivity index (χ0v) is 13.8. The van der Waals surface area contributed by atoms with Gasteiger partial charge < -0.3 is 5.32 Å². The van der Waals surface area contributed by atoms with Gasteiger partial charge in [0.15, 0.2) is 0 Å². The van der Waals surface area contributed by atoms with Gasteiger partial charge in [0, 0.05) is 10.3 Å². The van der Waals surface area contributed by atoms with E-state index in [2.05, 4.69) is 5.32 Å². The minimum atomic E-state index is -0.566. The van der Waals surface area contributed by atoms with E-state index in [0.29, 0.717) is 10.4 Å². The van der Waals surface area contributed by atoms with Crippen molar-refractivity contribution in [1.29, 1.82) is 0 Å². The number of rotatable bonds is 4. The van der Waals surface area contributed by atoms with Crippen molar-refractivity contribution in [2.24, 2.45) is 0 Å². The molecular formula is C18H16N2O3S. The van der Waals surface area contributed by atoms with E-state index in [4.69, 9.17) is 5.21 Å². The van der Waals surface area contributed by atoms with Gasteiger partial charge in [0.2, 0.25) is 0 Å². The van der Waals surface area contributed by atoms with Gasteiger partial charge in [0.25, 0.3) is 11.8 Å². The largest absolute Gasteiger partial charge is 0.345 e. The Morgan fingerprint density at radius 3 is 2.42 bits per heavy atom. The topological polar surface area (TPSA) is 78.4 Å². The molecule has 1 aromatic heterocycles. The van der Waals surface area contributed by atoms with Crippen LogP contribution < -0.4 is 10.8 Å². The van der Waals surface area contributed by atoms with E-state index in [1.54, 1.807) is 29.7 Å². The number of hydrogen-bond donors (Lipinski definition) is 3. The van der Waals surface area contributed by atoms with Gasteiger partial charge >= 0.3 is 0 Å². The van der Waals surface area contributed by atoms with Crippen molar-refractivity contribution in [3.63, 3.8) is 0 Å². The van der Waals surface area contributed by atoms with E-state index in [9.17, 15) is 9.59 Å². The van der Waals surface area contributed by atoms with Crippen molar-refractivity contribution >= 4 is 33.2 Å². The zero-order valence-electron chi connectivity index (χ0n) is 12.9. The molecule has 0 saturated carbocycles. The maximum Gasteiger partial charge on any atom is 0.274 e. The van der Waals surface area contributed by atoms with Crippen molar-refractivity contribution in [3.05, 3.63) is 70.6 Å². The maximum atomic E-state index is 12.4. The summed E-state index contributed by atoms with van der Waals surface area (Å²) in [4.78, 5) is 24.4. The van der Waals surface area contributed by atoms with Crippen LogP contribution in [0.2, 0.25) is 0 Å². The first kappa shape index (κ1) is 16.2. The van der Waals surface area contributed by atoms with Crippen molar-refractivity contribution < 1.29 is 14.8 Å². The summed E-state index contributed by atoms with van der Waals surface area (Å²) in [6, 6.07) is 16.3. The fourth-order valence-corrected chi connectivity index (χ4v) is 3.40. The van der Waals surface area contributed by atoms with Gasteiger partial charge in [-0.15, -0.1) is 11.3 Å². The van der Waals surface area contributed by atoms with Gasteiger partial charge in [-0.25, -0.2) is 5.48 Å². The minimum Gasteiger partial charge on any atom is -0.345 e. The quantitative estimate of drug-likeness (QED) is 0.502. The van der Waals surface area contributed by atoms with E-state index >= 15 is 0 Å². The van der Waals surface area contributed by atoms with Gasteiger partial charge in [-0.1, -0.05) is 30.3 Å². The predicted molar refractivity (Wildman–Crippen MR) is 93.4 cm³/mol. The summed E-state index contributed by atoms with van der Waals surface area (Å²) in [5, 5.41) is 12.6. The molecule has 0 spiro atoms. The highest BCUT2D eigenvalue weighted by molar-refractivity contribution is 7.20. The molecule has 0 fully saturated rings. The number of fused-ring (bicyclic) bond motifs is 1. The molecule has 5 nitrogen and oxygen atoms in total. The molecule has 2 aromatic carbocycles. The van der Waals surface area contributed by atoms with Gasteiger partial charge in [-0.2, -0.15) is 0 Å². The van der Waals surface area contributed by atoms with Gasteiger partial charge in [-0.05, 0) is 42.1 Å². The van der Waals surface area contributed by atoms with Gasteiger partial charge in [0.05, 0.1) is 10.9 Å². The zero-order chi connectivity index (χ0) is 17.1. The number of hydrogen-bond acceptors (Lipinski definition) is 4. The third kappa shape index (κ3) is 3.29. The van der Waals surface area contributed by atoms with Gasteiger partial charge in [-0.3, -0.25) is 14.8 Å². The first-order valence-electron chi connectivity index (χ1n) is 7.42. The summed E-state index contributed by atoms with van der Waals surface area (Å²) < 4.78 is 1.08. The number of carbonyl (C=O) groups excluding carboxylic acids is 2. The van der Waals surface area contributed by atoms with Crippen LogP contribution >= 0.6 is 11.3 Å². The van der Waals surface area contributed by atoms with Crippen LogP contribution in [0.4, 0.5) is 0 Å². The lowest BCUT2D eigenvalue weighted by atomic mass is 10.1.